The van der Waals surface area contributed by atoms with E-state index in [1.807, 2.05) is 23.6 Å². The summed E-state index contributed by atoms with van der Waals surface area (Å²) in [5.41, 5.74) is 3.15. The highest BCUT2D eigenvalue weighted by Crippen LogP contribution is 2.33. The Hall–Kier alpha value is -3.11. The molecule has 2 N–H and O–H groups in total. The van der Waals surface area contributed by atoms with Crippen LogP contribution in [0.3, 0.4) is 0 Å². The summed E-state index contributed by atoms with van der Waals surface area (Å²) in [6.07, 6.45) is 0.610. The van der Waals surface area contributed by atoms with E-state index in [0.717, 1.165) is 10.6 Å². The number of rotatable bonds is 10. The summed E-state index contributed by atoms with van der Waals surface area (Å²) in [6, 6.07) is 10.7. The van der Waals surface area contributed by atoms with Crippen molar-refractivity contribution in [2.45, 2.75) is 26.7 Å². The minimum Gasteiger partial charge on any atom is -0.493 e. The maximum absolute atomic E-state index is 12.6. The zero-order chi connectivity index (χ0) is 24.0. The van der Waals surface area contributed by atoms with Gasteiger partial charge in [0, 0.05) is 16.6 Å². The van der Waals surface area contributed by atoms with Crippen LogP contribution in [0.25, 0.3) is 10.6 Å². The fourth-order valence-corrected chi connectivity index (χ4v) is 5.23. The van der Waals surface area contributed by atoms with E-state index in [-0.39, 0.29) is 18.1 Å². The summed E-state index contributed by atoms with van der Waals surface area (Å²) >= 11 is 1.44. The first-order valence-corrected chi connectivity index (χ1v) is 12.9. The van der Waals surface area contributed by atoms with Gasteiger partial charge in [0.2, 0.25) is 15.9 Å². The number of sulfonamides is 1. The van der Waals surface area contributed by atoms with Crippen LogP contribution in [0.15, 0.2) is 41.8 Å². The normalized spacial score (nSPS) is 11.2. The molecular weight excluding hydrogens is 462 g/mol. The molecule has 0 fully saturated rings. The van der Waals surface area contributed by atoms with E-state index < -0.39 is 10.0 Å². The summed E-state index contributed by atoms with van der Waals surface area (Å²) in [6.45, 7) is 3.56. The van der Waals surface area contributed by atoms with Gasteiger partial charge in [-0.3, -0.25) is 9.52 Å². The van der Waals surface area contributed by atoms with E-state index in [4.69, 9.17) is 9.47 Å². The third kappa shape index (κ3) is 6.23. The number of carbonyl (C=O) groups is 1. The van der Waals surface area contributed by atoms with Crippen molar-refractivity contribution in [1.29, 1.82) is 0 Å². The lowest BCUT2D eigenvalue weighted by atomic mass is 10.1. The smallest absolute Gasteiger partial charge is 0.232 e. The average Bonchev–Trinajstić information content (AvgIpc) is 3.24. The van der Waals surface area contributed by atoms with Gasteiger partial charge in [-0.2, -0.15) is 0 Å². The summed E-state index contributed by atoms with van der Waals surface area (Å²) in [7, 11) is -0.269. The maximum Gasteiger partial charge on any atom is 0.232 e. The van der Waals surface area contributed by atoms with Gasteiger partial charge < -0.3 is 14.8 Å². The highest BCUT2D eigenvalue weighted by Gasteiger charge is 2.15. The standard InChI is InChI=1S/C23H27N3O5S2/c1-5-11-33(28,29)26-19-8-6-7-18(15(19)2)25-22(27)13-17-14-32-23(24-17)16-9-10-20(30-3)21(12-16)31-4/h6-10,12,14,26H,5,11,13H2,1-4H3,(H,25,27). The molecule has 0 aliphatic carbocycles. The zero-order valence-electron chi connectivity index (χ0n) is 19.0. The van der Waals surface area contributed by atoms with Crippen molar-refractivity contribution < 1.29 is 22.7 Å². The second-order valence-electron chi connectivity index (χ2n) is 7.34. The molecule has 10 heteroatoms. The Bertz CT molecular complexity index is 1240. The number of hydrogen-bond donors (Lipinski definition) is 2. The van der Waals surface area contributed by atoms with Crippen LogP contribution >= 0.6 is 11.3 Å². The molecule has 0 atom stereocenters. The lowest BCUT2D eigenvalue weighted by molar-refractivity contribution is -0.115. The molecule has 0 unspecified atom stereocenters. The topological polar surface area (TPSA) is 107 Å². The second-order valence-corrected chi connectivity index (χ2v) is 10.0. The number of carbonyl (C=O) groups excluding carboxylic acids is 1. The third-order valence-corrected chi connectivity index (χ3v) is 7.29. The zero-order valence-corrected chi connectivity index (χ0v) is 20.6. The monoisotopic (exact) mass is 489 g/mol. The van der Waals surface area contributed by atoms with Gasteiger partial charge in [-0.25, -0.2) is 13.4 Å². The molecule has 1 amide bonds. The van der Waals surface area contributed by atoms with Crippen LogP contribution in [0, 0.1) is 6.92 Å². The van der Waals surface area contributed by atoms with Crippen LogP contribution < -0.4 is 19.5 Å². The molecule has 33 heavy (non-hydrogen) atoms. The molecule has 3 aromatic rings. The summed E-state index contributed by atoms with van der Waals surface area (Å²) in [5, 5.41) is 5.46. The average molecular weight is 490 g/mol. The Labute approximate surface area is 198 Å². The molecule has 0 bridgehead atoms. The van der Waals surface area contributed by atoms with E-state index in [2.05, 4.69) is 15.0 Å². The molecule has 0 spiro atoms. The number of nitrogens with one attached hydrogen (secondary N) is 2. The molecule has 0 saturated carbocycles. The van der Waals surface area contributed by atoms with E-state index in [1.54, 1.807) is 46.3 Å². The van der Waals surface area contributed by atoms with Crippen LogP contribution in [-0.4, -0.2) is 39.3 Å². The molecule has 3 rings (SSSR count). The first-order valence-electron chi connectivity index (χ1n) is 10.3. The number of amides is 1. The Kier molecular flexibility index (Phi) is 7.93. The number of thiazole rings is 1. The summed E-state index contributed by atoms with van der Waals surface area (Å²) in [5.74, 6) is 1.03. The van der Waals surface area contributed by atoms with Gasteiger partial charge >= 0.3 is 0 Å². The molecule has 2 aromatic carbocycles. The number of aromatic nitrogens is 1. The van der Waals surface area contributed by atoms with Gasteiger partial charge in [0.05, 0.1) is 37.8 Å². The van der Waals surface area contributed by atoms with Crippen LogP contribution in [0.5, 0.6) is 11.5 Å². The number of hydrogen-bond acceptors (Lipinski definition) is 7. The van der Waals surface area contributed by atoms with Crippen LogP contribution in [0.4, 0.5) is 11.4 Å². The number of benzene rings is 2. The number of ether oxygens (including phenoxy) is 2. The SMILES string of the molecule is CCCS(=O)(=O)Nc1cccc(NC(=O)Cc2csc(-c3ccc(OC)c(OC)c3)n2)c1C. The van der Waals surface area contributed by atoms with Crippen LogP contribution in [-0.2, 0) is 21.2 Å². The lowest BCUT2D eigenvalue weighted by Crippen LogP contribution is -2.18. The Morgan fingerprint density at radius 2 is 1.82 bits per heavy atom. The predicted molar refractivity (Wildman–Crippen MR) is 132 cm³/mol. The molecule has 1 heterocycles. The number of nitrogens with zero attached hydrogens (tertiary/aromatic N) is 1. The van der Waals surface area contributed by atoms with Gasteiger partial charge in [0.25, 0.3) is 0 Å². The maximum atomic E-state index is 12.6. The van der Waals surface area contributed by atoms with Gasteiger partial charge in [0.15, 0.2) is 11.5 Å². The molecule has 1 aromatic heterocycles. The van der Waals surface area contributed by atoms with Gasteiger partial charge in [-0.1, -0.05) is 13.0 Å². The molecular formula is C23H27N3O5S2. The van der Waals surface area contributed by atoms with E-state index in [9.17, 15) is 13.2 Å². The van der Waals surface area contributed by atoms with Crippen LogP contribution in [0.2, 0.25) is 0 Å². The Balaban J connectivity index is 1.70. The lowest BCUT2D eigenvalue weighted by Gasteiger charge is -2.14. The first-order chi connectivity index (χ1) is 15.8. The van der Waals surface area contributed by atoms with E-state index in [1.165, 1.54) is 11.3 Å². The minimum atomic E-state index is -3.42. The molecule has 0 saturated heterocycles. The molecule has 176 valence electrons. The van der Waals surface area contributed by atoms with Gasteiger partial charge in [0.1, 0.15) is 5.01 Å². The van der Waals surface area contributed by atoms with Gasteiger partial charge in [-0.15, -0.1) is 11.3 Å². The summed E-state index contributed by atoms with van der Waals surface area (Å²) in [4.78, 5) is 17.2. The molecule has 0 aliphatic rings. The number of methoxy groups -OCH3 is 2. The minimum absolute atomic E-state index is 0.0370. The fourth-order valence-electron chi connectivity index (χ4n) is 3.22. The number of anilines is 2. The fraction of sp³-hybridized carbons (Fsp3) is 0.304. The first kappa shape index (κ1) is 24.5. The third-order valence-electron chi connectivity index (χ3n) is 4.87. The molecule has 8 nitrogen and oxygen atoms in total. The predicted octanol–water partition coefficient (Wildman–Crippen LogP) is 4.47. The van der Waals surface area contributed by atoms with Crippen molar-refractivity contribution >= 4 is 38.6 Å². The van der Waals surface area contributed by atoms with Gasteiger partial charge in [-0.05, 0) is 49.2 Å². The highest BCUT2D eigenvalue weighted by molar-refractivity contribution is 7.92. The van der Waals surface area contributed by atoms with Crippen LogP contribution in [0.1, 0.15) is 24.6 Å². The van der Waals surface area contributed by atoms with Crippen molar-refractivity contribution in [3.63, 3.8) is 0 Å². The Morgan fingerprint density at radius 3 is 2.52 bits per heavy atom. The van der Waals surface area contributed by atoms with E-state index in [0.29, 0.717) is 40.6 Å². The molecule has 0 aliphatic heterocycles. The van der Waals surface area contributed by atoms with Crippen molar-refractivity contribution in [3.8, 4) is 22.1 Å². The van der Waals surface area contributed by atoms with Crippen molar-refractivity contribution in [2.75, 3.05) is 30.0 Å². The largest absolute Gasteiger partial charge is 0.493 e. The van der Waals surface area contributed by atoms with Crippen molar-refractivity contribution in [3.05, 3.63) is 53.0 Å². The Morgan fingerprint density at radius 1 is 1.09 bits per heavy atom. The summed E-state index contributed by atoms with van der Waals surface area (Å²) < 4.78 is 37.4. The van der Waals surface area contributed by atoms with Crippen molar-refractivity contribution in [2.24, 2.45) is 0 Å². The molecule has 0 radical (unpaired) electrons. The second kappa shape index (κ2) is 10.7. The van der Waals surface area contributed by atoms with E-state index >= 15 is 0 Å². The van der Waals surface area contributed by atoms with Crippen molar-refractivity contribution in [1.82, 2.24) is 4.98 Å². The quantitative estimate of drug-likeness (QED) is 0.435. The highest BCUT2D eigenvalue weighted by atomic mass is 32.2.